The van der Waals surface area contributed by atoms with Crippen LogP contribution >= 0.6 is 22.6 Å². The van der Waals surface area contributed by atoms with Crippen LogP contribution in [0.1, 0.15) is 19.3 Å². The summed E-state index contributed by atoms with van der Waals surface area (Å²) in [6.45, 7) is 0. The van der Waals surface area contributed by atoms with Gasteiger partial charge in [0.05, 0.1) is 0 Å². The number of hydrogen-bond acceptors (Lipinski definition) is 3. The summed E-state index contributed by atoms with van der Waals surface area (Å²) in [6.07, 6.45) is 0.587. The monoisotopic (exact) mass is 274 g/mol. The summed E-state index contributed by atoms with van der Waals surface area (Å²) in [5.41, 5.74) is 0. The molecule has 0 N–H and O–H groups in total. The van der Waals surface area contributed by atoms with Crippen LogP contribution in [-0.4, -0.2) is 16.2 Å². The van der Waals surface area contributed by atoms with Gasteiger partial charge in [-0.3, -0.25) is 9.74 Å². The zero-order valence-electron chi connectivity index (χ0n) is 5.81. The molecule has 0 saturated heterocycles. The molecule has 11 heavy (non-hydrogen) atoms. The highest BCUT2D eigenvalue weighted by molar-refractivity contribution is 14.1. The van der Waals surface area contributed by atoms with Crippen molar-refractivity contribution in [2.24, 2.45) is 0 Å². The summed E-state index contributed by atoms with van der Waals surface area (Å²) in [6, 6.07) is 0. The molecule has 0 aromatic carbocycles. The Bertz CT molecular complexity index is 149. The fraction of sp³-hybridized carbons (Fsp3) is 0.667. The summed E-state index contributed by atoms with van der Waals surface area (Å²) in [7, 11) is 0. The summed E-state index contributed by atoms with van der Waals surface area (Å²) in [5, 5.41) is 0. The Morgan fingerprint density at radius 2 is 2.09 bits per heavy atom. The molecule has 3 nitrogen and oxygen atoms in total. The lowest BCUT2D eigenvalue weighted by Gasteiger charge is -1.93. The maximum absolute atomic E-state index is 11.1. The lowest BCUT2D eigenvalue weighted by Crippen LogP contribution is -2.07. The van der Waals surface area contributed by atoms with Gasteiger partial charge in [0.15, 0.2) is 0 Å². The summed E-state index contributed by atoms with van der Waals surface area (Å²) < 4.78 is 11.9. The van der Waals surface area contributed by atoms with Crippen molar-refractivity contribution in [2.75, 3.05) is 4.43 Å². The zero-order chi connectivity index (χ0) is 8.69. The smallest absolute Gasteiger partial charge is 0.299 e. The molecule has 5 heteroatoms. The minimum Gasteiger partial charge on any atom is -0.299 e. The second-order valence-corrected chi connectivity index (χ2v) is 3.04. The molecule has 0 bridgehead atoms. The van der Waals surface area contributed by atoms with E-state index in [9.17, 15) is 14.1 Å². The normalized spacial score (nSPS) is 9.27. The molecule has 0 aliphatic heterocycles. The summed E-state index contributed by atoms with van der Waals surface area (Å²) in [5.74, 6) is -1.38. The molecule has 0 radical (unpaired) electrons. The predicted octanol–water partition coefficient (Wildman–Crippen LogP) is 1.59. The molecule has 0 atom stereocenters. The Balaban J connectivity index is 3.44. The van der Waals surface area contributed by atoms with Gasteiger partial charge >= 0.3 is 5.97 Å². The van der Waals surface area contributed by atoms with E-state index in [1.165, 1.54) is 0 Å². The highest BCUT2D eigenvalue weighted by Crippen LogP contribution is 1.99. The molecule has 0 unspecified atom stereocenters. The Labute approximate surface area is 77.3 Å². The van der Waals surface area contributed by atoms with Crippen LogP contribution in [0.3, 0.4) is 0 Å². The highest BCUT2D eigenvalue weighted by Gasteiger charge is 2.10. The summed E-state index contributed by atoms with van der Waals surface area (Å²) >= 11 is 2.12. The standard InChI is InChI=1S/C6H8FIO3/c7-11-6(10)4-5(9)2-1-3-8/h1-4H2. The van der Waals surface area contributed by atoms with Gasteiger partial charge in [-0.05, 0) is 10.8 Å². The van der Waals surface area contributed by atoms with Crippen molar-refractivity contribution in [3.05, 3.63) is 0 Å². The van der Waals surface area contributed by atoms with Gasteiger partial charge in [-0.15, -0.1) is 0 Å². The molecule has 64 valence electrons. The second kappa shape index (κ2) is 6.51. The first kappa shape index (κ1) is 10.8. The van der Waals surface area contributed by atoms with Crippen molar-refractivity contribution in [3.8, 4) is 0 Å². The molecular formula is C6H8FIO3. The van der Waals surface area contributed by atoms with Crippen LogP contribution in [0.2, 0.25) is 0 Å². The number of carbonyl (C=O) groups excluding carboxylic acids is 2. The predicted molar refractivity (Wildman–Crippen MR) is 44.9 cm³/mol. The fourth-order valence-corrected chi connectivity index (χ4v) is 0.922. The Morgan fingerprint density at radius 1 is 1.45 bits per heavy atom. The summed E-state index contributed by atoms with van der Waals surface area (Å²) in [4.78, 5) is 23.7. The maximum Gasteiger partial charge on any atom is 0.356 e. The Kier molecular flexibility index (Phi) is 6.39. The number of halogens is 2. The number of Topliss-reactive ketones (excluding diaryl/α,β-unsaturated/α-hetero) is 1. The third-order valence-electron chi connectivity index (χ3n) is 1.02. The van der Waals surface area contributed by atoms with Crippen molar-refractivity contribution in [1.29, 1.82) is 0 Å². The molecule has 0 amide bonds. The molecule has 0 aliphatic carbocycles. The van der Waals surface area contributed by atoms with E-state index in [4.69, 9.17) is 0 Å². The zero-order valence-corrected chi connectivity index (χ0v) is 7.97. The first-order chi connectivity index (χ1) is 5.20. The van der Waals surface area contributed by atoms with Gasteiger partial charge in [-0.2, -0.15) is 0 Å². The highest BCUT2D eigenvalue weighted by atomic mass is 127. The van der Waals surface area contributed by atoms with E-state index in [1.807, 2.05) is 0 Å². The van der Waals surface area contributed by atoms with Crippen LogP contribution < -0.4 is 0 Å². The van der Waals surface area contributed by atoms with Crippen molar-refractivity contribution >= 4 is 34.3 Å². The minimum atomic E-state index is -1.11. The van der Waals surface area contributed by atoms with E-state index in [0.717, 1.165) is 10.8 Å². The number of ketones is 1. The Hall–Kier alpha value is -0.200. The SMILES string of the molecule is O=C(CCCI)CC(=O)OF. The molecule has 0 rings (SSSR count). The molecule has 0 aromatic heterocycles. The van der Waals surface area contributed by atoms with Crippen LogP contribution in [0.25, 0.3) is 0 Å². The number of hydrogen-bond donors (Lipinski definition) is 0. The van der Waals surface area contributed by atoms with E-state index in [2.05, 4.69) is 27.5 Å². The molecule has 0 heterocycles. The van der Waals surface area contributed by atoms with E-state index in [0.29, 0.717) is 6.42 Å². The molecule has 0 aliphatic rings. The third-order valence-corrected chi connectivity index (χ3v) is 1.78. The van der Waals surface area contributed by atoms with Crippen molar-refractivity contribution in [3.63, 3.8) is 0 Å². The minimum absolute atomic E-state index is 0.274. The maximum atomic E-state index is 11.1. The lowest BCUT2D eigenvalue weighted by atomic mass is 10.2. The first-order valence-electron chi connectivity index (χ1n) is 3.09. The van der Waals surface area contributed by atoms with Crippen molar-refractivity contribution in [2.45, 2.75) is 19.3 Å². The first-order valence-corrected chi connectivity index (χ1v) is 4.62. The second-order valence-electron chi connectivity index (χ2n) is 1.96. The number of rotatable bonds is 5. The van der Waals surface area contributed by atoms with E-state index in [1.54, 1.807) is 0 Å². The van der Waals surface area contributed by atoms with Crippen molar-refractivity contribution < 1.29 is 19.1 Å². The van der Waals surface area contributed by atoms with Gasteiger partial charge in [-0.25, -0.2) is 4.79 Å². The molecule has 0 saturated carbocycles. The fourth-order valence-electron chi connectivity index (χ4n) is 0.541. The molecular weight excluding hydrogens is 266 g/mol. The topological polar surface area (TPSA) is 43.4 Å². The van der Waals surface area contributed by atoms with E-state index in [-0.39, 0.29) is 5.78 Å². The van der Waals surface area contributed by atoms with E-state index >= 15 is 0 Å². The van der Waals surface area contributed by atoms with Crippen LogP contribution in [0.4, 0.5) is 4.53 Å². The molecule has 0 spiro atoms. The third kappa shape index (κ3) is 6.21. The molecule has 0 fully saturated rings. The van der Waals surface area contributed by atoms with Crippen LogP contribution in [0.5, 0.6) is 0 Å². The largest absolute Gasteiger partial charge is 0.356 e. The van der Waals surface area contributed by atoms with Crippen LogP contribution in [-0.2, 0) is 14.5 Å². The van der Waals surface area contributed by atoms with E-state index < -0.39 is 12.4 Å². The quantitative estimate of drug-likeness (QED) is 0.434. The Morgan fingerprint density at radius 3 is 2.55 bits per heavy atom. The molecule has 0 aromatic rings. The average Bonchev–Trinajstić information content (AvgIpc) is 2.00. The lowest BCUT2D eigenvalue weighted by molar-refractivity contribution is -0.183. The van der Waals surface area contributed by atoms with Crippen LogP contribution in [0, 0.1) is 0 Å². The number of carbonyl (C=O) groups is 2. The van der Waals surface area contributed by atoms with Gasteiger partial charge in [0.25, 0.3) is 0 Å². The average molecular weight is 274 g/mol. The van der Waals surface area contributed by atoms with Gasteiger partial charge in [0.1, 0.15) is 12.2 Å². The van der Waals surface area contributed by atoms with Gasteiger partial charge in [0.2, 0.25) is 0 Å². The van der Waals surface area contributed by atoms with Gasteiger partial charge in [-0.1, -0.05) is 22.6 Å². The van der Waals surface area contributed by atoms with Crippen molar-refractivity contribution in [1.82, 2.24) is 0 Å². The number of alkyl halides is 1. The van der Waals surface area contributed by atoms with Crippen LogP contribution in [0.15, 0.2) is 0 Å². The van der Waals surface area contributed by atoms with Gasteiger partial charge < -0.3 is 0 Å². The van der Waals surface area contributed by atoms with Gasteiger partial charge in [0, 0.05) is 10.9 Å².